The fourth-order valence-corrected chi connectivity index (χ4v) is 3.56. The molecule has 3 nitrogen and oxygen atoms in total. The molecule has 2 rings (SSSR count). The maximum atomic E-state index is 13.4. The first kappa shape index (κ1) is 15.9. The summed E-state index contributed by atoms with van der Waals surface area (Å²) in [5.41, 5.74) is 1.88. The standard InChI is InChI=1S/C16H22FN3S/c1-5-18-11(3)15-12(4)19-16(21-15)20(6-2)14-9-7-8-13(17)10-14/h7-11,18H,5-6H2,1-4H3. The predicted octanol–water partition coefficient (Wildman–Crippen LogP) is 4.42. The summed E-state index contributed by atoms with van der Waals surface area (Å²) >= 11 is 1.67. The number of anilines is 2. The Kier molecular flexibility index (Phi) is 5.31. The average molecular weight is 307 g/mol. The minimum Gasteiger partial charge on any atom is -0.318 e. The molecule has 0 radical (unpaired) electrons. The summed E-state index contributed by atoms with van der Waals surface area (Å²) in [6.07, 6.45) is 0. The Labute approximate surface area is 129 Å². The lowest BCUT2D eigenvalue weighted by Gasteiger charge is -2.20. The van der Waals surface area contributed by atoms with Crippen LogP contribution in [0.1, 0.15) is 37.4 Å². The molecule has 0 saturated heterocycles. The Bertz CT molecular complexity index is 597. The molecular formula is C16H22FN3S. The fourth-order valence-electron chi connectivity index (χ4n) is 2.38. The van der Waals surface area contributed by atoms with Crippen molar-refractivity contribution in [2.75, 3.05) is 18.0 Å². The first-order chi connectivity index (χ1) is 10.1. The summed E-state index contributed by atoms with van der Waals surface area (Å²) in [5.74, 6) is -0.222. The van der Waals surface area contributed by atoms with Gasteiger partial charge in [-0.05, 0) is 45.5 Å². The first-order valence-electron chi connectivity index (χ1n) is 7.30. The number of thiazole rings is 1. The van der Waals surface area contributed by atoms with Crippen LogP contribution in [0, 0.1) is 12.7 Å². The van der Waals surface area contributed by atoms with E-state index >= 15 is 0 Å². The van der Waals surface area contributed by atoms with Gasteiger partial charge in [0.05, 0.1) is 5.69 Å². The largest absolute Gasteiger partial charge is 0.318 e. The van der Waals surface area contributed by atoms with Gasteiger partial charge in [0.2, 0.25) is 0 Å². The van der Waals surface area contributed by atoms with Gasteiger partial charge in [0.25, 0.3) is 0 Å². The summed E-state index contributed by atoms with van der Waals surface area (Å²) in [5, 5.41) is 4.33. The third kappa shape index (κ3) is 3.60. The van der Waals surface area contributed by atoms with Crippen molar-refractivity contribution in [2.45, 2.75) is 33.7 Å². The Balaban J connectivity index is 2.33. The van der Waals surface area contributed by atoms with Crippen LogP contribution in [0.25, 0.3) is 0 Å². The number of nitrogens with zero attached hydrogens (tertiary/aromatic N) is 2. The van der Waals surface area contributed by atoms with Crippen LogP contribution in [0.2, 0.25) is 0 Å². The molecule has 114 valence electrons. The Morgan fingerprint density at radius 2 is 2.14 bits per heavy atom. The zero-order valence-corrected chi connectivity index (χ0v) is 13.8. The van der Waals surface area contributed by atoms with Gasteiger partial charge in [0.1, 0.15) is 5.82 Å². The molecule has 0 amide bonds. The third-order valence-corrected chi connectivity index (χ3v) is 4.75. The number of hydrogen-bond acceptors (Lipinski definition) is 4. The van der Waals surface area contributed by atoms with E-state index in [1.807, 2.05) is 17.9 Å². The van der Waals surface area contributed by atoms with E-state index in [4.69, 9.17) is 0 Å². The maximum absolute atomic E-state index is 13.4. The molecule has 1 heterocycles. The molecule has 1 atom stereocenters. The molecule has 1 unspecified atom stereocenters. The molecular weight excluding hydrogens is 285 g/mol. The molecule has 0 aliphatic carbocycles. The van der Waals surface area contributed by atoms with E-state index < -0.39 is 0 Å². The second kappa shape index (κ2) is 7.00. The van der Waals surface area contributed by atoms with E-state index in [-0.39, 0.29) is 11.9 Å². The van der Waals surface area contributed by atoms with Crippen molar-refractivity contribution in [2.24, 2.45) is 0 Å². The zero-order valence-electron chi connectivity index (χ0n) is 13.0. The minimum absolute atomic E-state index is 0.222. The minimum atomic E-state index is -0.222. The first-order valence-corrected chi connectivity index (χ1v) is 8.12. The van der Waals surface area contributed by atoms with Crippen molar-refractivity contribution in [1.29, 1.82) is 0 Å². The van der Waals surface area contributed by atoms with Gasteiger partial charge in [-0.3, -0.25) is 0 Å². The average Bonchev–Trinajstić information content (AvgIpc) is 2.82. The van der Waals surface area contributed by atoms with Crippen LogP contribution >= 0.6 is 11.3 Å². The van der Waals surface area contributed by atoms with Crippen LogP contribution in [-0.2, 0) is 0 Å². The van der Waals surface area contributed by atoms with Crippen LogP contribution in [0.3, 0.4) is 0 Å². The summed E-state index contributed by atoms with van der Waals surface area (Å²) in [4.78, 5) is 7.96. The molecule has 1 aromatic carbocycles. The quantitative estimate of drug-likeness (QED) is 0.856. The van der Waals surface area contributed by atoms with E-state index in [9.17, 15) is 4.39 Å². The van der Waals surface area contributed by atoms with Gasteiger partial charge < -0.3 is 10.2 Å². The highest BCUT2D eigenvalue weighted by Gasteiger charge is 2.18. The molecule has 1 N–H and O–H groups in total. The Morgan fingerprint density at radius 3 is 2.76 bits per heavy atom. The molecule has 0 fully saturated rings. The number of benzene rings is 1. The number of aryl methyl sites for hydroxylation is 1. The lowest BCUT2D eigenvalue weighted by molar-refractivity contribution is 0.603. The van der Waals surface area contributed by atoms with Gasteiger partial charge in [-0.2, -0.15) is 0 Å². The second-order valence-electron chi connectivity index (χ2n) is 4.95. The van der Waals surface area contributed by atoms with Crippen LogP contribution < -0.4 is 10.2 Å². The van der Waals surface area contributed by atoms with Crippen molar-refractivity contribution in [3.05, 3.63) is 40.7 Å². The summed E-state index contributed by atoms with van der Waals surface area (Å²) < 4.78 is 13.4. The Morgan fingerprint density at radius 1 is 1.38 bits per heavy atom. The monoisotopic (exact) mass is 307 g/mol. The van der Waals surface area contributed by atoms with Gasteiger partial charge in [-0.25, -0.2) is 9.37 Å². The fraction of sp³-hybridized carbons (Fsp3) is 0.438. The van der Waals surface area contributed by atoms with E-state index in [2.05, 4.69) is 31.1 Å². The second-order valence-corrected chi connectivity index (χ2v) is 5.96. The number of aromatic nitrogens is 1. The maximum Gasteiger partial charge on any atom is 0.190 e. The smallest absolute Gasteiger partial charge is 0.190 e. The van der Waals surface area contributed by atoms with Crippen LogP contribution in [0.5, 0.6) is 0 Å². The predicted molar refractivity (Wildman–Crippen MR) is 88.0 cm³/mol. The molecule has 2 aromatic rings. The Hall–Kier alpha value is -1.46. The van der Waals surface area contributed by atoms with Crippen LogP contribution in [0.4, 0.5) is 15.2 Å². The number of hydrogen-bond donors (Lipinski definition) is 1. The molecule has 0 saturated carbocycles. The third-order valence-electron chi connectivity index (χ3n) is 3.39. The molecule has 5 heteroatoms. The summed E-state index contributed by atoms with van der Waals surface area (Å²) in [6, 6.07) is 6.94. The molecule has 0 spiro atoms. The normalized spacial score (nSPS) is 12.4. The van der Waals surface area contributed by atoms with Crippen LogP contribution in [-0.4, -0.2) is 18.1 Å². The highest BCUT2D eigenvalue weighted by Crippen LogP contribution is 2.34. The van der Waals surface area contributed by atoms with Gasteiger partial charge in [0.15, 0.2) is 5.13 Å². The van der Waals surface area contributed by atoms with Crippen LogP contribution in [0.15, 0.2) is 24.3 Å². The molecule has 21 heavy (non-hydrogen) atoms. The number of nitrogens with one attached hydrogen (secondary N) is 1. The number of halogens is 1. The van der Waals surface area contributed by atoms with Crippen molar-refractivity contribution in [3.8, 4) is 0 Å². The molecule has 0 aliphatic heterocycles. The van der Waals surface area contributed by atoms with Crippen molar-refractivity contribution >= 4 is 22.2 Å². The summed E-state index contributed by atoms with van der Waals surface area (Å²) in [7, 11) is 0. The zero-order chi connectivity index (χ0) is 15.4. The van der Waals surface area contributed by atoms with E-state index in [0.29, 0.717) is 0 Å². The topological polar surface area (TPSA) is 28.2 Å². The highest BCUT2D eigenvalue weighted by molar-refractivity contribution is 7.15. The lowest BCUT2D eigenvalue weighted by atomic mass is 10.2. The van der Waals surface area contributed by atoms with Gasteiger partial charge in [-0.1, -0.05) is 24.3 Å². The van der Waals surface area contributed by atoms with Gasteiger partial charge in [-0.15, -0.1) is 0 Å². The highest BCUT2D eigenvalue weighted by atomic mass is 32.1. The van der Waals surface area contributed by atoms with E-state index in [0.717, 1.165) is 29.6 Å². The molecule has 0 aliphatic rings. The van der Waals surface area contributed by atoms with E-state index in [1.165, 1.54) is 10.9 Å². The van der Waals surface area contributed by atoms with Crippen molar-refractivity contribution in [3.63, 3.8) is 0 Å². The summed E-state index contributed by atoms with van der Waals surface area (Å²) in [6.45, 7) is 10.0. The van der Waals surface area contributed by atoms with E-state index in [1.54, 1.807) is 23.5 Å². The molecule has 0 bridgehead atoms. The van der Waals surface area contributed by atoms with Crippen molar-refractivity contribution < 1.29 is 4.39 Å². The van der Waals surface area contributed by atoms with Crippen molar-refractivity contribution in [1.82, 2.24) is 10.3 Å². The lowest BCUT2D eigenvalue weighted by Crippen LogP contribution is -2.17. The van der Waals surface area contributed by atoms with Gasteiger partial charge in [0, 0.05) is 23.2 Å². The SMILES string of the molecule is CCNC(C)c1sc(N(CC)c2cccc(F)c2)nc1C. The molecule has 1 aromatic heterocycles. The van der Waals surface area contributed by atoms with Gasteiger partial charge >= 0.3 is 0 Å². The number of rotatable bonds is 6.